The first-order valence-corrected chi connectivity index (χ1v) is 13.7. The molecule has 0 saturated carbocycles. The van der Waals surface area contributed by atoms with Crippen molar-refractivity contribution in [3.8, 4) is 11.5 Å². The molecule has 0 aliphatic rings. The average molecular weight is 578 g/mol. The third-order valence-electron chi connectivity index (χ3n) is 5.79. The molecule has 0 unspecified atom stereocenters. The van der Waals surface area contributed by atoms with Crippen molar-refractivity contribution in [2.75, 3.05) is 18.4 Å². The Hall–Kier alpha value is -4.42. The van der Waals surface area contributed by atoms with Gasteiger partial charge in [0.1, 0.15) is 11.6 Å². The van der Waals surface area contributed by atoms with Gasteiger partial charge in [0.2, 0.25) is 11.9 Å². The Morgan fingerprint density at radius 3 is 2.60 bits per heavy atom. The Kier molecular flexibility index (Phi) is 9.35. The van der Waals surface area contributed by atoms with Gasteiger partial charge in [-0.1, -0.05) is 30.3 Å². The zero-order valence-electron chi connectivity index (χ0n) is 21.9. The highest BCUT2D eigenvalue weighted by molar-refractivity contribution is 7.80. The van der Waals surface area contributed by atoms with Crippen LogP contribution >= 0.6 is 23.6 Å². The van der Waals surface area contributed by atoms with E-state index in [9.17, 15) is 9.18 Å². The predicted octanol–water partition coefficient (Wildman–Crippen LogP) is 5.27. The first kappa shape index (κ1) is 28.6. The Morgan fingerprint density at radius 1 is 1.15 bits per heavy atom. The monoisotopic (exact) mass is 577 g/mol. The number of guanidine groups is 1. The van der Waals surface area contributed by atoms with Gasteiger partial charge in [0.05, 0.1) is 21.5 Å². The lowest BCUT2D eigenvalue weighted by Gasteiger charge is -2.18. The van der Waals surface area contributed by atoms with Crippen LogP contribution in [0.2, 0.25) is 0 Å². The van der Waals surface area contributed by atoms with Gasteiger partial charge >= 0.3 is 0 Å². The van der Waals surface area contributed by atoms with Crippen LogP contribution in [0.4, 0.5) is 10.1 Å². The summed E-state index contributed by atoms with van der Waals surface area (Å²) in [6, 6.07) is 17.0. The van der Waals surface area contributed by atoms with Gasteiger partial charge in [0, 0.05) is 37.1 Å². The molecule has 0 spiro atoms. The number of anilines is 1. The van der Waals surface area contributed by atoms with Gasteiger partial charge in [0.25, 0.3) is 0 Å². The number of rotatable bonds is 8. The summed E-state index contributed by atoms with van der Waals surface area (Å²) in [5.41, 5.74) is 8.00. The highest BCUT2D eigenvalue weighted by atomic mass is 32.1. The molecule has 5 N–H and O–H groups in total. The molecule has 4 rings (SSSR count). The summed E-state index contributed by atoms with van der Waals surface area (Å²) < 4.78 is 21.5. The van der Waals surface area contributed by atoms with Crippen LogP contribution < -0.4 is 21.1 Å². The van der Waals surface area contributed by atoms with Crippen molar-refractivity contribution in [1.82, 2.24) is 15.2 Å². The van der Waals surface area contributed by atoms with Crippen molar-refractivity contribution in [1.29, 1.82) is 5.41 Å². The Balaban J connectivity index is 1.44. The van der Waals surface area contributed by atoms with Gasteiger partial charge in [-0.05, 0) is 49.8 Å². The fourth-order valence-electron chi connectivity index (χ4n) is 3.78. The van der Waals surface area contributed by atoms with Crippen molar-refractivity contribution >= 4 is 62.3 Å². The van der Waals surface area contributed by atoms with E-state index in [-0.39, 0.29) is 35.0 Å². The molecule has 0 radical (unpaired) electrons. The van der Waals surface area contributed by atoms with Gasteiger partial charge in [-0.25, -0.2) is 4.39 Å². The maximum atomic E-state index is 15.0. The van der Waals surface area contributed by atoms with E-state index in [0.29, 0.717) is 39.6 Å². The molecular formula is C28H28FN7O2S2. The van der Waals surface area contributed by atoms with Crippen molar-refractivity contribution < 1.29 is 13.9 Å². The first-order chi connectivity index (χ1) is 19.3. The minimum absolute atomic E-state index is 0.00279. The SMILES string of the molecule is CCN(CC)C(=N)/N=C(\N)c1cc2nccc(Oc3ccc(NC(=S)NC(=O)Cc4ccccc4)cc3F)c2s1. The zero-order valence-corrected chi connectivity index (χ0v) is 23.5. The number of aromatic nitrogens is 1. The molecule has 2 heterocycles. The summed E-state index contributed by atoms with van der Waals surface area (Å²) >= 11 is 6.49. The van der Waals surface area contributed by atoms with Crippen LogP contribution in [0.3, 0.4) is 0 Å². The topological polar surface area (TPSA) is 129 Å². The largest absolute Gasteiger partial charge is 0.453 e. The third kappa shape index (κ3) is 7.16. The molecule has 0 bridgehead atoms. The number of amidine groups is 1. The number of carbonyl (C=O) groups is 1. The lowest BCUT2D eigenvalue weighted by molar-refractivity contribution is -0.119. The van der Waals surface area contributed by atoms with Crippen LogP contribution in [-0.4, -0.2) is 45.8 Å². The molecule has 0 aliphatic heterocycles. The lowest BCUT2D eigenvalue weighted by atomic mass is 10.1. The number of pyridine rings is 1. The van der Waals surface area contributed by atoms with Gasteiger partial charge in [-0.2, -0.15) is 4.99 Å². The minimum Gasteiger partial charge on any atom is -0.453 e. The Labute approximate surface area is 240 Å². The van der Waals surface area contributed by atoms with Crippen LogP contribution in [0.25, 0.3) is 10.2 Å². The molecule has 12 heteroatoms. The van der Waals surface area contributed by atoms with Crippen LogP contribution in [-0.2, 0) is 11.2 Å². The van der Waals surface area contributed by atoms with E-state index in [0.717, 1.165) is 5.56 Å². The quantitative estimate of drug-likeness (QED) is 0.128. The molecule has 40 heavy (non-hydrogen) atoms. The number of amides is 1. The van der Waals surface area contributed by atoms with Crippen LogP contribution in [0, 0.1) is 11.2 Å². The van der Waals surface area contributed by atoms with Gasteiger partial charge in [-0.15, -0.1) is 11.3 Å². The molecule has 0 aliphatic carbocycles. The molecule has 4 aromatic rings. The molecule has 2 aromatic heterocycles. The number of hydrogen-bond donors (Lipinski definition) is 4. The molecule has 0 saturated heterocycles. The van der Waals surface area contributed by atoms with Crippen LogP contribution in [0.1, 0.15) is 24.3 Å². The maximum Gasteiger partial charge on any atom is 0.230 e. The summed E-state index contributed by atoms with van der Waals surface area (Å²) in [5.74, 6) is -0.238. The summed E-state index contributed by atoms with van der Waals surface area (Å²) in [6.45, 7) is 5.18. The zero-order chi connectivity index (χ0) is 28.6. The molecule has 0 fully saturated rings. The van der Waals surface area contributed by atoms with Gasteiger partial charge in [0.15, 0.2) is 16.7 Å². The number of ether oxygens (including phenoxy) is 1. The van der Waals surface area contributed by atoms with Crippen molar-refractivity contribution in [3.63, 3.8) is 0 Å². The third-order valence-corrected chi connectivity index (χ3v) is 7.15. The molecule has 206 valence electrons. The number of nitrogens with zero attached hydrogens (tertiary/aromatic N) is 3. The number of fused-ring (bicyclic) bond motifs is 1. The smallest absolute Gasteiger partial charge is 0.230 e. The number of halogens is 1. The first-order valence-electron chi connectivity index (χ1n) is 12.5. The molecule has 0 atom stereocenters. The normalized spacial score (nSPS) is 11.2. The van der Waals surface area contributed by atoms with E-state index in [1.54, 1.807) is 29.3 Å². The summed E-state index contributed by atoms with van der Waals surface area (Å²) in [4.78, 5) is 23.2. The fraction of sp³-hybridized carbons (Fsp3) is 0.179. The van der Waals surface area contributed by atoms with Crippen molar-refractivity contribution in [2.24, 2.45) is 10.7 Å². The standard InChI is InChI=1S/C28H28FN7O2S2/c1-3-36(4-2)27(31)35-26(30)23-16-20-25(40-23)22(12-13-32-20)38-21-11-10-18(15-19(21)29)33-28(39)34-24(37)14-17-8-6-5-7-9-17/h5-13,15-16H,3-4,14H2,1-2H3,(H3,30,31,35)(H2,33,34,37,39). The van der Waals surface area contributed by atoms with Crippen LogP contribution in [0.15, 0.2) is 71.9 Å². The number of aliphatic imine (C=N–C) groups is 1. The van der Waals surface area contributed by atoms with E-state index in [1.165, 1.54) is 23.5 Å². The van der Waals surface area contributed by atoms with E-state index in [4.69, 9.17) is 28.1 Å². The second-order valence-corrected chi connectivity index (χ2v) is 10.00. The second-order valence-electron chi connectivity index (χ2n) is 8.54. The highest BCUT2D eigenvalue weighted by Gasteiger charge is 2.15. The van der Waals surface area contributed by atoms with Gasteiger partial charge < -0.3 is 26.0 Å². The van der Waals surface area contributed by atoms with E-state index in [2.05, 4.69) is 20.6 Å². The summed E-state index contributed by atoms with van der Waals surface area (Å²) in [7, 11) is 0. The number of thiophene rings is 1. The number of nitrogens with two attached hydrogens (primary N) is 1. The average Bonchev–Trinajstić information content (AvgIpc) is 3.37. The molecule has 9 nitrogen and oxygen atoms in total. The van der Waals surface area contributed by atoms with E-state index >= 15 is 0 Å². The number of thiocarbonyl (C=S) groups is 1. The number of benzene rings is 2. The molecule has 1 amide bonds. The fourth-order valence-corrected chi connectivity index (χ4v) is 4.98. The van der Waals surface area contributed by atoms with E-state index in [1.807, 2.05) is 44.2 Å². The molecular weight excluding hydrogens is 549 g/mol. The number of carbonyl (C=O) groups excluding carboxylic acids is 1. The van der Waals surface area contributed by atoms with Crippen molar-refractivity contribution in [2.45, 2.75) is 20.3 Å². The predicted molar refractivity (Wildman–Crippen MR) is 162 cm³/mol. The highest BCUT2D eigenvalue weighted by Crippen LogP contribution is 2.36. The van der Waals surface area contributed by atoms with E-state index < -0.39 is 5.82 Å². The lowest BCUT2D eigenvalue weighted by Crippen LogP contribution is -2.35. The second kappa shape index (κ2) is 13.1. The van der Waals surface area contributed by atoms with Gasteiger partial charge in [-0.3, -0.25) is 15.2 Å². The molecule has 2 aromatic carbocycles. The maximum absolute atomic E-state index is 15.0. The minimum atomic E-state index is -0.626. The van der Waals surface area contributed by atoms with Crippen molar-refractivity contribution in [3.05, 3.63) is 83.1 Å². The number of hydrogen-bond acceptors (Lipinski definition) is 6. The Bertz CT molecular complexity index is 1570. The number of nitrogens with one attached hydrogen (secondary N) is 3. The summed E-state index contributed by atoms with van der Waals surface area (Å²) in [5, 5.41) is 13.6. The van der Waals surface area contributed by atoms with Crippen LogP contribution in [0.5, 0.6) is 11.5 Å². The summed E-state index contributed by atoms with van der Waals surface area (Å²) in [6.07, 6.45) is 1.73. The Morgan fingerprint density at radius 2 is 1.90 bits per heavy atom.